The number of ether oxygens (including phenoxy) is 1. The standard InChI is InChI=1S/C8H10AsNO5.C8H7ClO3/c1-5(11)10-6-2-3-7(8(12)4-6)9(13,14)15;1-12-7-3-2-5(9)4-6(7)8(10)11/h2-4,12H,1H3,(H,10,11)(H2,13,14,15);2-4H,1H3,(H,10,11). The van der Waals surface area contributed by atoms with Crippen molar-refractivity contribution in [1.29, 1.82) is 0 Å². The fraction of sp³-hybridized carbons (Fsp3) is 0.125. The molecule has 0 radical (unpaired) electrons. The molecule has 0 fully saturated rings. The molecule has 1 amide bonds. The number of carboxylic acid groups (broad SMARTS) is 1. The third-order valence-electron chi connectivity index (χ3n) is 3.00. The smallest absolute Gasteiger partial charge is 0.339 e. The van der Waals surface area contributed by atoms with Gasteiger partial charge >= 0.3 is 94.1 Å². The van der Waals surface area contributed by atoms with Crippen LogP contribution in [0.3, 0.4) is 0 Å². The predicted molar refractivity (Wildman–Crippen MR) is 97.9 cm³/mol. The molecule has 0 aliphatic heterocycles. The van der Waals surface area contributed by atoms with Gasteiger partial charge in [-0.1, -0.05) is 11.6 Å². The van der Waals surface area contributed by atoms with Crippen LogP contribution in [0, 0.1) is 0 Å². The number of halogens is 1. The maximum Gasteiger partial charge on any atom is 0.339 e. The molecule has 11 heteroatoms. The van der Waals surface area contributed by atoms with Gasteiger partial charge in [0, 0.05) is 5.02 Å². The number of benzene rings is 2. The number of carbonyl (C=O) groups is 2. The fourth-order valence-electron chi connectivity index (χ4n) is 1.90. The summed E-state index contributed by atoms with van der Waals surface area (Å²) in [5.74, 6) is -1.58. The Kier molecular flexibility index (Phi) is 7.93. The number of anilines is 1. The summed E-state index contributed by atoms with van der Waals surface area (Å²) in [6, 6.07) is 7.95. The summed E-state index contributed by atoms with van der Waals surface area (Å²) in [5, 5.41) is 20.8. The van der Waals surface area contributed by atoms with E-state index in [1.807, 2.05) is 0 Å². The molecule has 27 heavy (non-hydrogen) atoms. The summed E-state index contributed by atoms with van der Waals surface area (Å²) in [5.41, 5.74) is 0.359. The number of phenols is 1. The number of carboxylic acids is 1. The molecule has 0 spiro atoms. The number of aromatic hydroxyl groups is 1. The summed E-state index contributed by atoms with van der Waals surface area (Å²) >= 11 is 0.512. The molecule has 0 unspecified atom stereocenters. The van der Waals surface area contributed by atoms with E-state index in [9.17, 15) is 18.4 Å². The summed E-state index contributed by atoms with van der Waals surface area (Å²) in [6.07, 6.45) is 0. The van der Waals surface area contributed by atoms with Gasteiger partial charge in [-0.2, -0.15) is 0 Å². The summed E-state index contributed by atoms with van der Waals surface area (Å²) in [4.78, 5) is 21.3. The number of amides is 1. The van der Waals surface area contributed by atoms with Crippen LogP contribution >= 0.6 is 11.6 Å². The van der Waals surface area contributed by atoms with Crippen LogP contribution in [0.25, 0.3) is 0 Å². The average Bonchev–Trinajstić information content (AvgIpc) is 2.53. The average molecular weight is 462 g/mol. The fourth-order valence-corrected chi connectivity index (χ4v) is 3.40. The molecular formula is C16H17AsClNO8. The number of carbonyl (C=O) groups excluding carboxylic acids is 1. The molecule has 0 bridgehead atoms. The molecule has 2 rings (SSSR count). The second kappa shape index (κ2) is 9.47. The molecule has 0 saturated carbocycles. The van der Waals surface area contributed by atoms with Crippen LogP contribution in [0.15, 0.2) is 36.4 Å². The molecule has 0 atom stereocenters. The van der Waals surface area contributed by atoms with Crippen molar-refractivity contribution in [2.24, 2.45) is 0 Å². The van der Waals surface area contributed by atoms with Crippen LogP contribution in [-0.4, -0.2) is 51.6 Å². The van der Waals surface area contributed by atoms with Crippen molar-refractivity contribution >= 4 is 47.7 Å². The van der Waals surface area contributed by atoms with E-state index in [0.29, 0.717) is 10.8 Å². The van der Waals surface area contributed by atoms with Crippen molar-refractivity contribution in [2.45, 2.75) is 6.92 Å². The summed E-state index contributed by atoms with van der Waals surface area (Å²) in [6.45, 7) is 1.29. The van der Waals surface area contributed by atoms with Crippen LogP contribution in [-0.2, 0) is 8.53 Å². The van der Waals surface area contributed by atoms with Gasteiger partial charge in [-0.05, 0) is 18.2 Å². The Morgan fingerprint density at radius 3 is 2.22 bits per heavy atom. The van der Waals surface area contributed by atoms with Crippen LogP contribution in [0.1, 0.15) is 17.3 Å². The second-order valence-electron chi connectivity index (χ2n) is 5.08. The Morgan fingerprint density at radius 1 is 1.15 bits per heavy atom. The van der Waals surface area contributed by atoms with E-state index in [4.69, 9.17) is 29.6 Å². The van der Waals surface area contributed by atoms with Gasteiger partial charge in [-0.25, -0.2) is 4.79 Å². The number of hydrogen-bond donors (Lipinski definition) is 5. The monoisotopic (exact) mass is 461 g/mol. The minimum Gasteiger partial charge on any atom is -0.496 e. The van der Waals surface area contributed by atoms with Crippen molar-refractivity contribution in [1.82, 2.24) is 0 Å². The van der Waals surface area contributed by atoms with Gasteiger partial charge in [-0.15, -0.1) is 0 Å². The van der Waals surface area contributed by atoms with Crippen LogP contribution < -0.4 is 14.4 Å². The van der Waals surface area contributed by atoms with E-state index in [2.05, 4.69) is 5.32 Å². The number of nitrogens with one attached hydrogen (secondary N) is 1. The van der Waals surface area contributed by atoms with E-state index in [0.717, 1.165) is 12.1 Å². The first-order valence-electron chi connectivity index (χ1n) is 7.19. The minimum atomic E-state index is -5.09. The van der Waals surface area contributed by atoms with E-state index in [1.54, 1.807) is 6.07 Å². The Hall–Kier alpha value is -2.45. The van der Waals surface area contributed by atoms with E-state index < -0.39 is 30.2 Å². The number of phenolic OH excluding ortho intramolecular Hbond substituents is 1. The van der Waals surface area contributed by atoms with Gasteiger partial charge in [0.15, 0.2) is 0 Å². The predicted octanol–water partition coefficient (Wildman–Crippen LogP) is 0.958. The van der Waals surface area contributed by atoms with Gasteiger partial charge in [0.05, 0.1) is 7.11 Å². The molecule has 0 aliphatic carbocycles. The van der Waals surface area contributed by atoms with Gasteiger partial charge in [-0.3, -0.25) is 0 Å². The summed E-state index contributed by atoms with van der Waals surface area (Å²) < 4.78 is 33.1. The number of hydrogen-bond acceptors (Lipinski definition) is 5. The van der Waals surface area contributed by atoms with Crippen LogP contribution in [0.2, 0.25) is 5.02 Å². The Morgan fingerprint density at radius 2 is 1.78 bits per heavy atom. The Balaban J connectivity index is 0.000000277. The first-order valence-corrected chi connectivity index (χ1v) is 10.9. The largest absolute Gasteiger partial charge is 0.496 e. The van der Waals surface area contributed by atoms with Crippen molar-refractivity contribution in [3.63, 3.8) is 0 Å². The maximum atomic E-state index is 10.9. The third-order valence-corrected chi connectivity index (χ3v) is 5.35. The van der Waals surface area contributed by atoms with Crippen molar-refractivity contribution in [2.75, 3.05) is 12.4 Å². The molecule has 0 aromatic heterocycles. The first-order chi connectivity index (χ1) is 12.5. The molecule has 2 aromatic rings. The minimum absolute atomic E-state index is 0.0741. The second-order valence-corrected chi connectivity index (χ2v) is 8.81. The Bertz CT molecular complexity index is 896. The molecule has 2 aromatic carbocycles. The van der Waals surface area contributed by atoms with Crippen molar-refractivity contribution < 1.29 is 36.5 Å². The Labute approximate surface area is 162 Å². The molecule has 146 valence electrons. The summed E-state index contributed by atoms with van der Waals surface area (Å²) in [7, 11) is 1.41. The van der Waals surface area contributed by atoms with Crippen molar-refractivity contribution in [3.8, 4) is 11.5 Å². The maximum absolute atomic E-state index is 10.9. The van der Waals surface area contributed by atoms with E-state index >= 15 is 0 Å². The number of methoxy groups -OCH3 is 1. The van der Waals surface area contributed by atoms with Crippen LogP contribution in [0.4, 0.5) is 5.69 Å². The normalized spacial score (nSPS) is 10.4. The molecule has 0 heterocycles. The number of aromatic carboxylic acids is 1. The zero-order valence-corrected chi connectivity index (χ0v) is 16.8. The third kappa shape index (κ3) is 6.99. The van der Waals surface area contributed by atoms with Crippen LogP contribution in [0.5, 0.6) is 11.5 Å². The van der Waals surface area contributed by atoms with Gasteiger partial charge in [0.25, 0.3) is 0 Å². The van der Waals surface area contributed by atoms with E-state index in [1.165, 1.54) is 32.2 Å². The van der Waals surface area contributed by atoms with Gasteiger partial charge < -0.3 is 9.84 Å². The molecule has 0 aliphatic rings. The molecular weight excluding hydrogens is 445 g/mol. The quantitative estimate of drug-likeness (QED) is 0.422. The number of rotatable bonds is 4. The van der Waals surface area contributed by atoms with Gasteiger partial charge in [0.1, 0.15) is 11.3 Å². The molecule has 0 saturated heterocycles. The topological polar surface area (TPSA) is 153 Å². The first kappa shape index (κ1) is 22.6. The zero-order chi connectivity index (χ0) is 20.8. The zero-order valence-electron chi connectivity index (χ0n) is 14.2. The van der Waals surface area contributed by atoms with E-state index in [-0.39, 0.29) is 17.2 Å². The van der Waals surface area contributed by atoms with Gasteiger partial charge in [0.2, 0.25) is 0 Å². The molecule has 5 N–H and O–H groups in total. The SMILES string of the molecule is CC(=O)Nc1ccc([As](=O)(O)O)c(O)c1.COc1ccc(Cl)cc1C(=O)O. The van der Waals surface area contributed by atoms with Crippen molar-refractivity contribution in [3.05, 3.63) is 47.0 Å². The molecule has 9 nitrogen and oxygen atoms in total.